The van der Waals surface area contributed by atoms with E-state index < -0.39 is 9.84 Å². The van der Waals surface area contributed by atoms with Gasteiger partial charge in [0, 0.05) is 17.4 Å². The third kappa shape index (κ3) is 1.47. The zero-order valence-corrected chi connectivity index (χ0v) is 10.3. The Bertz CT molecular complexity index is 592. The third-order valence-electron chi connectivity index (χ3n) is 4.06. The lowest BCUT2D eigenvalue weighted by atomic mass is 9.64. The van der Waals surface area contributed by atoms with Crippen LogP contribution in [-0.4, -0.2) is 15.0 Å². The summed E-state index contributed by atoms with van der Waals surface area (Å²) in [5.41, 5.74) is 7.95. The first-order valence-electron chi connectivity index (χ1n) is 5.85. The molecule has 1 saturated carbocycles. The van der Waals surface area contributed by atoms with Crippen molar-refractivity contribution in [2.24, 2.45) is 5.73 Å². The van der Waals surface area contributed by atoms with E-state index in [9.17, 15) is 8.42 Å². The van der Waals surface area contributed by atoms with Crippen LogP contribution in [0.2, 0.25) is 0 Å². The standard InChI is InChI=1S/C13H15NO2S/c14-9-13(5-1-6-13)11-2-3-12-10(8-11)4-7-17(12,15)16/h2-4,7-8H,1,5-6,9,14H2. The van der Waals surface area contributed by atoms with Crippen LogP contribution in [0.1, 0.15) is 30.4 Å². The van der Waals surface area contributed by atoms with Crippen LogP contribution in [0.3, 0.4) is 0 Å². The minimum atomic E-state index is -3.18. The molecule has 0 radical (unpaired) electrons. The van der Waals surface area contributed by atoms with Crippen LogP contribution in [0.4, 0.5) is 0 Å². The summed E-state index contributed by atoms with van der Waals surface area (Å²) in [6.45, 7) is 0.641. The van der Waals surface area contributed by atoms with Crippen LogP contribution in [0.25, 0.3) is 6.08 Å². The Morgan fingerprint density at radius 1 is 1.29 bits per heavy atom. The Morgan fingerprint density at radius 2 is 2.06 bits per heavy atom. The molecule has 0 unspecified atom stereocenters. The van der Waals surface area contributed by atoms with Gasteiger partial charge in [-0.3, -0.25) is 0 Å². The summed E-state index contributed by atoms with van der Waals surface area (Å²) in [6, 6.07) is 5.63. The second-order valence-corrected chi connectivity index (χ2v) is 6.74. The summed E-state index contributed by atoms with van der Waals surface area (Å²) in [5.74, 6) is 0. The molecule has 0 saturated heterocycles. The molecule has 0 amide bonds. The zero-order valence-electron chi connectivity index (χ0n) is 9.52. The Hall–Kier alpha value is -1.13. The monoisotopic (exact) mass is 249 g/mol. The van der Waals surface area contributed by atoms with Gasteiger partial charge in [0.05, 0.1) is 4.90 Å². The Kier molecular flexibility index (Phi) is 2.22. The summed E-state index contributed by atoms with van der Waals surface area (Å²) in [5, 5.41) is 1.28. The van der Waals surface area contributed by atoms with Crippen molar-refractivity contribution >= 4 is 15.9 Å². The number of sulfone groups is 1. The topological polar surface area (TPSA) is 60.2 Å². The quantitative estimate of drug-likeness (QED) is 0.869. The van der Waals surface area contributed by atoms with E-state index in [1.165, 1.54) is 17.4 Å². The molecule has 4 heteroatoms. The predicted molar refractivity (Wildman–Crippen MR) is 67.2 cm³/mol. The molecule has 1 fully saturated rings. The molecule has 2 N–H and O–H groups in total. The highest BCUT2D eigenvalue weighted by Crippen LogP contribution is 2.44. The normalized spacial score (nSPS) is 23.1. The Balaban J connectivity index is 2.09. The first-order valence-corrected chi connectivity index (χ1v) is 7.40. The highest BCUT2D eigenvalue weighted by Gasteiger charge is 2.38. The molecule has 3 nitrogen and oxygen atoms in total. The molecule has 1 aromatic rings. The average molecular weight is 249 g/mol. The molecule has 1 aliphatic carbocycles. The zero-order chi connectivity index (χ0) is 12.1. The Labute approximate surface area is 101 Å². The van der Waals surface area contributed by atoms with Crippen LogP contribution in [0.5, 0.6) is 0 Å². The molecule has 1 heterocycles. The van der Waals surface area contributed by atoms with E-state index in [4.69, 9.17) is 5.73 Å². The van der Waals surface area contributed by atoms with Crippen LogP contribution >= 0.6 is 0 Å². The van der Waals surface area contributed by atoms with Gasteiger partial charge in [0.1, 0.15) is 0 Å². The number of rotatable bonds is 2. The van der Waals surface area contributed by atoms with Crippen molar-refractivity contribution in [1.82, 2.24) is 0 Å². The number of hydrogen-bond acceptors (Lipinski definition) is 3. The molecule has 2 aliphatic rings. The first-order chi connectivity index (χ1) is 8.07. The molecule has 0 spiro atoms. The van der Waals surface area contributed by atoms with Crippen molar-refractivity contribution in [3.8, 4) is 0 Å². The highest BCUT2D eigenvalue weighted by atomic mass is 32.2. The van der Waals surface area contributed by atoms with Gasteiger partial charge in [-0.15, -0.1) is 0 Å². The van der Waals surface area contributed by atoms with Gasteiger partial charge < -0.3 is 5.73 Å². The molecular weight excluding hydrogens is 234 g/mol. The summed E-state index contributed by atoms with van der Waals surface area (Å²) in [6.07, 6.45) is 5.11. The van der Waals surface area contributed by atoms with Crippen LogP contribution in [0.15, 0.2) is 28.5 Å². The van der Waals surface area contributed by atoms with E-state index in [0.29, 0.717) is 11.4 Å². The maximum absolute atomic E-state index is 11.7. The van der Waals surface area contributed by atoms with Crippen molar-refractivity contribution in [3.05, 3.63) is 34.7 Å². The van der Waals surface area contributed by atoms with Crippen LogP contribution in [0, 0.1) is 0 Å². The molecule has 90 valence electrons. The average Bonchev–Trinajstić information content (AvgIpc) is 2.54. The minimum Gasteiger partial charge on any atom is -0.330 e. The molecule has 17 heavy (non-hydrogen) atoms. The van der Waals surface area contributed by atoms with Crippen molar-refractivity contribution in [2.45, 2.75) is 29.6 Å². The van der Waals surface area contributed by atoms with Gasteiger partial charge in [-0.1, -0.05) is 12.5 Å². The van der Waals surface area contributed by atoms with Gasteiger partial charge in [0.15, 0.2) is 9.84 Å². The van der Waals surface area contributed by atoms with Crippen molar-refractivity contribution in [1.29, 1.82) is 0 Å². The van der Waals surface area contributed by atoms with E-state index >= 15 is 0 Å². The van der Waals surface area contributed by atoms with E-state index in [1.807, 2.05) is 12.1 Å². The number of benzene rings is 1. The molecule has 1 aliphatic heterocycles. The molecule has 3 rings (SSSR count). The highest BCUT2D eigenvalue weighted by molar-refractivity contribution is 7.94. The maximum Gasteiger partial charge on any atom is 0.200 e. The van der Waals surface area contributed by atoms with Crippen molar-refractivity contribution in [2.75, 3.05) is 6.54 Å². The fraction of sp³-hybridized carbons (Fsp3) is 0.385. The summed E-state index contributed by atoms with van der Waals surface area (Å²) in [7, 11) is -3.18. The second-order valence-electron chi connectivity index (χ2n) is 4.94. The SMILES string of the molecule is NCC1(c2ccc3c(c2)C=CS3(=O)=O)CCC1. The lowest BCUT2D eigenvalue weighted by Gasteiger charge is -2.41. The fourth-order valence-corrected chi connectivity index (χ4v) is 3.90. The number of fused-ring (bicyclic) bond motifs is 1. The van der Waals surface area contributed by atoms with Crippen LogP contribution < -0.4 is 5.73 Å². The molecule has 0 aromatic heterocycles. The van der Waals surface area contributed by atoms with Gasteiger partial charge in [0.2, 0.25) is 0 Å². The van der Waals surface area contributed by atoms with Gasteiger partial charge in [-0.05, 0) is 42.2 Å². The summed E-state index contributed by atoms with van der Waals surface area (Å²) >= 11 is 0. The van der Waals surface area contributed by atoms with Gasteiger partial charge in [-0.25, -0.2) is 8.42 Å². The van der Waals surface area contributed by atoms with Crippen molar-refractivity contribution in [3.63, 3.8) is 0 Å². The number of hydrogen-bond donors (Lipinski definition) is 1. The van der Waals surface area contributed by atoms with Gasteiger partial charge >= 0.3 is 0 Å². The van der Waals surface area contributed by atoms with E-state index in [2.05, 4.69) is 0 Å². The van der Waals surface area contributed by atoms with E-state index in [1.54, 1.807) is 12.1 Å². The fourth-order valence-electron chi connectivity index (χ4n) is 2.72. The summed E-state index contributed by atoms with van der Waals surface area (Å²) < 4.78 is 23.3. The smallest absolute Gasteiger partial charge is 0.200 e. The number of nitrogens with two attached hydrogens (primary N) is 1. The van der Waals surface area contributed by atoms with E-state index in [0.717, 1.165) is 18.4 Å². The largest absolute Gasteiger partial charge is 0.330 e. The van der Waals surface area contributed by atoms with Crippen LogP contribution in [-0.2, 0) is 15.3 Å². The molecule has 0 atom stereocenters. The lowest BCUT2D eigenvalue weighted by Crippen LogP contribution is -2.41. The first kappa shape index (κ1) is 11.0. The molecule has 1 aromatic carbocycles. The second kappa shape index (κ2) is 3.43. The summed E-state index contributed by atoms with van der Waals surface area (Å²) in [4.78, 5) is 0.424. The third-order valence-corrected chi connectivity index (χ3v) is 5.54. The van der Waals surface area contributed by atoms with Gasteiger partial charge in [0.25, 0.3) is 0 Å². The lowest BCUT2D eigenvalue weighted by molar-refractivity contribution is 0.253. The van der Waals surface area contributed by atoms with Gasteiger partial charge in [-0.2, -0.15) is 0 Å². The van der Waals surface area contributed by atoms with Crippen molar-refractivity contribution < 1.29 is 8.42 Å². The minimum absolute atomic E-state index is 0.0925. The maximum atomic E-state index is 11.7. The van der Waals surface area contributed by atoms with E-state index in [-0.39, 0.29) is 5.41 Å². The molecule has 0 bridgehead atoms. The molecular formula is C13H15NO2S. The Morgan fingerprint density at radius 3 is 2.65 bits per heavy atom. The predicted octanol–water partition coefficient (Wildman–Crippen LogP) is 1.83.